The minimum Gasteiger partial charge on any atom is -0.506 e. The number of hydrogen-bond donors (Lipinski definition) is 3. The highest BCUT2D eigenvalue weighted by molar-refractivity contribution is 7.94. The summed E-state index contributed by atoms with van der Waals surface area (Å²) in [6.07, 6.45) is 0. The summed E-state index contributed by atoms with van der Waals surface area (Å²) >= 11 is 6.95. The van der Waals surface area contributed by atoms with Gasteiger partial charge in [-0.05, 0) is 47.8 Å². The van der Waals surface area contributed by atoms with Gasteiger partial charge in [0.25, 0.3) is 15.9 Å². The Labute approximate surface area is 159 Å². The molecule has 26 heavy (non-hydrogen) atoms. The van der Waals surface area contributed by atoms with Crippen LogP contribution in [0.4, 0.5) is 11.4 Å². The maximum Gasteiger partial charge on any atom is 0.271 e. The number of amides is 1. The van der Waals surface area contributed by atoms with Crippen molar-refractivity contribution in [3.8, 4) is 5.75 Å². The summed E-state index contributed by atoms with van der Waals surface area (Å²) in [5.74, 6) is -0.642. The molecule has 0 atom stereocenters. The summed E-state index contributed by atoms with van der Waals surface area (Å²) in [5, 5.41) is 14.3. The highest BCUT2D eigenvalue weighted by atomic mass is 35.5. The van der Waals surface area contributed by atoms with Gasteiger partial charge in [-0.25, -0.2) is 8.42 Å². The molecule has 0 spiro atoms. The number of phenolic OH excluding ortho intramolecular Hbond substituents is 1. The third-order valence-electron chi connectivity index (χ3n) is 3.34. The first-order valence-electron chi connectivity index (χ1n) is 7.31. The number of aromatic hydroxyl groups is 1. The van der Waals surface area contributed by atoms with Crippen molar-refractivity contribution in [2.45, 2.75) is 4.21 Å². The van der Waals surface area contributed by atoms with Gasteiger partial charge < -0.3 is 10.4 Å². The summed E-state index contributed by atoms with van der Waals surface area (Å²) in [5.41, 5.74) is 0.629. The summed E-state index contributed by atoms with van der Waals surface area (Å²) < 4.78 is 27.1. The number of sulfonamides is 1. The second-order valence-corrected chi connectivity index (χ2v) is 8.53. The van der Waals surface area contributed by atoms with Crippen molar-refractivity contribution < 1.29 is 18.3 Å². The Morgan fingerprint density at radius 1 is 1.08 bits per heavy atom. The molecule has 3 aromatic rings. The first-order chi connectivity index (χ1) is 12.3. The number of phenols is 1. The Morgan fingerprint density at radius 3 is 2.62 bits per heavy atom. The van der Waals surface area contributed by atoms with Gasteiger partial charge in [0.15, 0.2) is 0 Å². The Hall–Kier alpha value is -2.55. The van der Waals surface area contributed by atoms with Crippen molar-refractivity contribution in [3.63, 3.8) is 0 Å². The molecule has 134 valence electrons. The number of anilines is 2. The fourth-order valence-corrected chi connectivity index (χ4v) is 4.36. The molecule has 9 heteroatoms. The molecular formula is C17H13ClN2O4S2. The molecular weight excluding hydrogens is 396 g/mol. The van der Waals surface area contributed by atoms with E-state index in [2.05, 4.69) is 10.0 Å². The first kappa shape index (κ1) is 18.2. The zero-order chi connectivity index (χ0) is 18.7. The van der Waals surface area contributed by atoms with E-state index in [0.29, 0.717) is 5.02 Å². The van der Waals surface area contributed by atoms with Crippen LogP contribution in [0, 0.1) is 0 Å². The number of rotatable bonds is 5. The molecule has 0 unspecified atom stereocenters. The van der Waals surface area contributed by atoms with E-state index in [4.69, 9.17) is 11.6 Å². The Bertz CT molecular complexity index is 1050. The normalized spacial score (nSPS) is 11.1. The number of halogens is 1. The fraction of sp³-hybridized carbons (Fsp3) is 0. The van der Waals surface area contributed by atoms with Gasteiger partial charge in [0.05, 0.1) is 5.69 Å². The van der Waals surface area contributed by atoms with Crippen molar-refractivity contribution in [1.29, 1.82) is 0 Å². The molecule has 0 bridgehead atoms. The molecule has 2 aromatic carbocycles. The van der Waals surface area contributed by atoms with Crippen LogP contribution in [-0.4, -0.2) is 19.4 Å². The molecule has 3 rings (SSSR count). The van der Waals surface area contributed by atoms with Gasteiger partial charge in [-0.15, -0.1) is 11.3 Å². The predicted molar refractivity (Wildman–Crippen MR) is 103 cm³/mol. The average Bonchev–Trinajstić information content (AvgIpc) is 3.13. The van der Waals surface area contributed by atoms with Crippen LogP contribution in [0.3, 0.4) is 0 Å². The Kier molecular flexibility index (Phi) is 5.17. The summed E-state index contributed by atoms with van der Waals surface area (Å²) in [7, 11) is -3.70. The summed E-state index contributed by atoms with van der Waals surface area (Å²) in [6, 6.07) is 13.4. The third-order valence-corrected chi connectivity index (χ3v) is 6.36. The molecule has 3 N–H and O–H groups in total. The van der Waals surface area contributed by atoms with Gasteiger partial charge in [-0.1, -0.05) is 23.7 Å². The lowest BCUT2D eigenvalue weighted by molar-refractivity contribution is 0.102. The lowest BCUT2D eigenvalue weighted by atomic mass is 10.2. The van der Waals surface area contributed by atoms with E-state index in [-0.39, 0.29) is 26.9 Å². The van der Waals surface area contributed by atoms with E-state index in [0.717, 1.165) is 11.3 Å². The van der Waals surface area contributed by atoms with Crippen LogP contribution in [0.1, 0.15) is 10.4 Å². The van der Waals surface area contributed by atoms with Crippen LogP contribution in [0.5, 0.6) is 5.75 Å². The van der Waals surface area contributed by atoms with Crippen molar-refractivity contribution in [2.75, 3.05) is 10.0 Å². The molecule has 1 heterocycles. The Balaban J connectivity index is 1.81. The highest BCUT2D eigenvalue weighted by Crippen LogP contribution is 2.27. The van der Waals surface area contributed by atoms with Crippen LogP contribution in [0.25, 0.3) is 0 Å². The SMILES string of the molecule is O=C(Nc1cc(Cl)ccc1O)c1cccc(NS(=O)(=O)c2cccs2)c1. The molecule has 0 radical (unpaired) electrons. The van der Waals surface area contributed by atoms with E-state index in [1.54, 1.807) is 23.6 Å². The van der Waals surface area contributed by atoms with E-state index in [9.17, 15) is 18.3 Å². The Morgan fingerprint density at radius 2 is 1.88 bits per heavy atom. The van der Waals surface area contributed by atoms with Crippen LogP contribution in [0.2, 0.25) is 5.02 Å². The van der Waals surface area contributed by atoms with E-state index in [1.807, 2.05) is 0 Å². The molecule has 0 aliphatic rings. The zero-order valence-corrected chi connectivity index (χ0v) is 15.5. The minimum absolute atomic E-state index is 0.127. The molecule has 0 aliphatic carbocycles. The van der Waals surface area contributed by atoms with Crippen LogP contribution in [-0.2, 0) is 10.0 Å². The van der Waals surface area contributed by atoms with Gasteiger partial charge in [-0.2, -0.15) is 0 Å². The molecule has 0 fully saturated rings. The molecule has 1 amide bonds. The second-order valence-electron chi connectivity index (χ2n) is 5.23. The van der Waals surface area contributed by atoms with E-state index >= 15 is 0 Å². The van der Waals surface area contributed by atoms with E-state index < -0.39 is 15.9 Å². The number of carbonyl (C=O) groups excluding carboxylic acids is 1. The van der Waals surface area contributed by atoms with Gasteiger partial charge in [0.1, 0.15) is 9.96 Å². The molecule has 1 aromatic heterocycles. The monoisotopic (exact) mass is 408 g/mol. The number of nitrogens with one attached hydrogen (secondary N) is 2. The summed E-state index contributed by atoms with van der Waals surface area (Å²) in [6.45, 7) is 0. The third kappa shape index (κ3) is 4.16. The largest absolute Gasteiger partial charge is 0.506 e. The van der Waals surface area contributed by atoms with Crippen LogP contribution < -0.4 is 10.0 Å². The van der Waals surface area contributed by atoms with Gasteiger partial charge in [0, 0.05) is 16.3 Å². The van der Waals surface area contributed by atoms with E-state index in [1.165, 1.54) is 36.4 Å². The van der Waals surface area contributed by atoms with Gasteiger partial charge >= 0.3 is 0 Å². The van der Waals surface area contributed by atoms with Crippen LogP contribution >= 0.6 is 22.9 Å². The van der Waals surface area contributed by atoms with Crippen LogP contribution in [0.15, 0.2) is 64.2 Å². The van der Waals surface area contributed by atoms with Crippen molar-refractivity contribution in [2.24, 2.45) is 0 Å². The second kappa shape index (κ2) is 7.36. The number of thiophene rings is 1. The first-order valence-corrected chi connectivity index (χ1v) is 10.1. The summed E-state index contributed by atoms with van der Waals surface area (Å²) in [4.78, 5) is 12.4. The van der Waals surface area contributed by atoms with Crippen molar-refractivity contribution in [1.82, 2.24) is 0 Å². The average molecular weight is 409 g/mol. The van der Waals surface area contributed by atoms with Gasteiger partial charge in [0.2, 0.25) is 0 Å². The topological polar surface area (TPSA) is 95.5 Å². The number of carbonyl (C=O) groups is 1. The smallest absolute Gasteiger partial charge is 0.271 e. The zero-order valence-electron chi connectivity index (χ0n) is 13.1. The lowest BCUT2D eigenvalue weighted by Gasteiger charge is -2.10. The standard InChI is InChI=1S/C17H13ClN2O4S2/c18-12-6-7-15(21)14(10-12)19-17(22)11-3-1-4-13(9-11)20-26(23,24)16-5-2-8-25-16/h1-10,20-21H,(H,19,22). The quantitative estimate of drug-likeness (QED) is 0.552. The maximum atomic E-state index is 12.4. The molecule has 0 saturated heterocycles. The molecule has 0 aliphatic heterocycles. The highest BCUT2D eigenvalue weighted by Gasteiger charge is 2.16. The molecule has 6 nitrogen and oxygen atoms in total. The number of benzene rings is 2. The maximum absolute atomic E-state index is 12.4. The number of hydrogen-bond acceptors (Lipinski definition) is 5. The van der Waals surface area contributed by atoms with Gasteiger partial charge in [-0.3, -0.25) is 9.52 Å². The predicted octanol–water partition coefficient (Wildman–Crippen LogP) is 4.16. The minimum atomic E-state index is -3.70. The molecule has 0 saturated carbocycles. The van der Waals surface area contributed by atoms with Crippen molar-refractivity contribution >= 4 is 50.2 Å². The lowest BCUT2D eigenvalue weighted by Crippen LogP contribution is -2.14. The fourth-order valence-electron chi connectivity index (χ4n) is 2.15. The van der Waals surface area contributed by atoms with Crippen molar-refractivity contribution in [3.05, 3.63) is 70.6 Å².